The molecule has 4 heteroatoms. The predicted molar refractivity (Wildman–Crippen MR) is 77.9 cm³/mol. The molecule has 5 rings (SSSR count). The Kier molecular flexibility index (Phi) is 2.68. The van der Waals surface area contributed by atoms with Crippen molar-refractivity contribution in [1.29, 1.82) is 0 Å². The van der Waals surface area contributed by atoms with Crippen molar-refractivity contribution < 1.29 is 18.6 Å². The molecule has 0 saturated carbocycles. The Morgan fingerprint density at radius 1 is 0.818 bits per heavy atom. The summed E-state index contributed by atoms with van der Waals surface area (Å²) in [5, 5.41) is 0. The number of rotatable bonds is 1. The molecule has 3 aliphatic heterocycles. The molecule has 4 atom stereocenters. The highest BCUT2D eigenvalue weighted by molar-refractivity contribution is 5.70. The molecule has 0 amide bonds. The molecule has 0 aliphatic carbocycles. The molecular weight excluding hydrogens is 283 g/mol. The zero-order valence-corrected chi connectivity index (χ0v) is 11.9. The SMILES string of the molecule is Fc1ccc(-c2ccccc2)c2c1C1OC1COCC1OC21. The lowest BCUT2D eigenvalue weighted by molar-refractivity contribution is 0.102. The summed E-state index contributed by atoms with van der Waals surface area (Å²) in [6.45, 7) is 1.05. The van der Waals surface area contributed by atoms with Gasteiger partial charge in [-0.2, -0.15) is 0 Å². The van der Waals surface area contributed by atoms with E-state index in [-0.39, 0.29) is 30.2 Å². The van der Waals surface area contributed by atoms with Crippen LogP contribution in [0.25, 0.3) is 11.1 Å². The van der Waals surface area contributed by atoms with Crippen LogP contribution in [-0.4, -0.2) is 25.4 Å². The van der Waals surface area contributed by atoms with Gasteiger partial charge in [0.2, 0.25) is 0 Å². The van der Waals surface area contributed by atoms with Gasteiger partial charge < -0.3 is 14.2 Å². The largest absolute Gasteiger partial charge is 0.376 e. The number of hydrogen-bond donors (Lipinski definition) is 0. The van der Waals surface area contributed by atoms with Gasteiger partial charge in [-0.25, -0.2) is 4.39 Å². The minimum Gasteiger partial charge on any atom is -0.376 e. The van der Waals surface area contributed by atoms with E-state index in [1.54, 1.807) is 0 Å². The van der Waals surface area contributed by atoms with Crippen LogP contribution < -0.4 is 0 Å². The minimum atomic E-state index is -0.210. The van der Waals surface area contributed by atoms with E-state index in [4.69, 9.17) is 14.2 Å². The van der Waals surface area contributed by atoms with Gasteiger partial charge in [0.25, 0.3) is 0 Å². The first-order chi connectivity index (χ1) is 10.8. The zero-order valence-electron chi connectivity index (χ0n) is 11.9. The summed E-state index contributed by atoms with van der Waals surface area (Å²) in [6.07, 6.45) is -0.303. The van der Waals surface area contributed by atoms with Crippen LogP contribution in [0.3, 0.4) is 0 Å². The van der Waals surface area contributed by atoms with Crippen molar-refractivity contribution in [3.8, 4) is 11.1 Å². The molecule has 0 radical (unpaired) electrons. The molecule has 2 aromatic rings. The second kappa shape index (κ2) is 4.62. The van der Waals surface area contributed by atoms with Crippen molar-refractivity contribution in [3.05, 3.63) is 59.4 Å². The monoisotopic (exact) mass is 298 g/mol. The van der Waals surface area contributed by atoms with Crippen molar-refractivity contribution in [3.63, 3.8) is 0 Å². The smallest absolute Gasteiger partial charge is 0.129 e. The summed E-state index contributed by atoms with van der Waals surface area (Å²) in [5.41, 5.74) is 3.70. The normalized spacial score (nSPS) is 31.9. The molecule has 3 heterocycles. The van der Waals surface area contributed by atoms with Crippen molar-refractivity contribution in [1.82, 2.24) is 0 Å². The van der Waals surface area contributed by atoms with Crippen molar-refractivity contribution >= 4 is 0 Å². The third-order valence-corrected chi connectivity index (χ3v) is 4.62. The van der Waals surface area contributed by atoms with E-state index in [0.29, 0.717) is 18.8 Å². The molecule has 0 aromatic heterocycles. The lowest BCUT2D eigenvalue weighted by Gasteiger charge is -2.13. The first kappa shape index (κ1) is 12.8. The van der Waals surface area contributed by atoms with Crippen LogP contribution in [0.4, 0.5) is 4.39 Å². The number of hydrogen-bond acceptors (Lipinski definition) is 3. The molecule has 112 valence electrons. The lowest BCUT2D eigenvalue weighted by Crippen LogP contribution is -2.06. The van der Waals surface area contributed by atoms with E-state index >= 15 is 0 Å². The van der Waals surface area contributed by atoms with Crippen molar-refractivity contribution in [2.75, 3.05) is 13.2 Å². The maximum Gasteiger partial charge on any atom is 0.129 e. The van der Waals surface area contributed by atoms with E-state index in [9.17, 15) is 4.39 Å². The van der Waals surface area contributed by atoms with Gasteiger partial charge in [0, 0.05) is 11.1 Å². The van der Waals surface area contributed by atoms with Crippen molar-refractivity contribution in [2.45, 2.75) is 24.4 Å². The van der Waals surface area contributed by atoms with Crippen LogP contribution >= 0.6 is 0 Å². The topological polar surface area (TPSA) is 34.3 Å². The fourth-order valence-corrected chi connectivity index (χ4v) is 3.42. The first-order valence-electron chi connectivity index (χ1n) is 7.59. The Labute approximate surface area is 127 Å². The first-order valence-corrected chi connectivity index (χ1v) is 7.59. The number of halogens is 1. The average molecular weight is 298 g/mol. The van der Waals surface area contributed by atoms with E-state index in [0.717, 1.165) is 16.7 Å². The highest BCUT2D eigenvalue weighted by atomic mass is 19.1. The fourth-order valence-electron chi connectivity index (χ4n) is 3.42. The van der Waals surface area contributed by atoms with E-state index < -0.39 is 0 Å². The van der Waals surface area contributed by atoms with Gasteiger partial charge in [0.05, 0.1) is 13.2 Å². The molecule has 4 unspecified atom stereocenters. The van der Waals surface area contributed by atoms with Crippen LogP contribution in [0.15, 0.2) is 42.5 Å². The molecule has 0 bridgehead atoms. The number of ether oxygens (including phenoxy) is 3. The van der Waals surface area contributed by atoms with Crippen molar-refractivity contribution in [2.24, 2.45) is 0 Å². The Bertz CT molecular complexity index is 731. The molecule has 2 aromatic carbocycles. The van der Waals surface area contributed by atoms with Gasteiger partial charge in [0.1, 0.15) is 30.2 Å². The summed E-state index contributed by atoms with van der Waals surface area (Å²) < 4.78 is 31.5. The Morgan fingerprint density at radius 2 is 1.50 bits per heavy atom. The summed E-state index contributed by atoms with van der Waals surface area (Å²) >= 11 is 0. The Balaban J connectivity index is 1.72. The summed E-state index contributed by atoms with van der Waals surface area (Å²) in [6, 6.07) is 13.4. The quantitative estimate of drug-likeness (QED) is 0.757. The zero-order chi connectivity index (χ0) is 14.7. The number of epoxide rings is 2. The standard InChI is InChI=1S/C18H15FO3/c19-12-7-6-11(10-4-2-1-3-5-10)15-16(12)18-14(22-18)9-20-8-13-17(15)21-13/h1-7,13-14,17-18H,8-9H2. The maximum absolute atomic E-state index is 14.5. The van der Waals surface area contributed by atoms with Crippen LogP contribution in [-0.2, 0) is 14.2 Å². The highest BCUT2D eigenvalue weighted by Crippen LogP contribution is 2.52. The fraction of sp³-hybridized carbons (Fsp3) is 0.333. The van der Waals surface area contributed by atoms with Crippen LogP contribution in [0, 0.1) is 5.82 Å². The molecule has 0 spiro atoms. The van der Waals surface area contributed by atoms with Crippen LogP contribution in [0.2, 0.25) is 0 Å². The van der Waals surface area contributed by atoms with E-state index in [1.807, 2.05) is 36.4 Å². The third kappa shape index (κ3) is 1.92. The third-order valence-electron chi connectivity index (χ3n) is 4.62. The minimum absolute atomic E-state index is 0.0283. The average Bonchev–Trinajstić information content (AvgIpc) is 3.45. The number of fused-ring (bicyclic) bond motifs is 5. The van der Waals surface area contributed by atoms with Gasteiger partial charge >= 0.3 is 0 Å². The van der Waals surface area contributed by atoms with Gasteiger partial charge in [-0.1, -0.05) is 36.4 Å². The molecule has 2 saturated heterocycles. The second-order valence-corrected chi connectivity index (χ2v) is 6.02. The lowest BCUT2D eigenvalue weighted by atomic mass is 9.90. The second-order valence-electron chi connectivity index (χ2n) is 6.02. The van der Waals surface area contributed by atoms with Gasteiger partial charge in [-0.15, -0.1) is 0 Å². The summed E-state index contributed by atoms with van der Waals surface area (Å²) in [5.74, 6) is -0.210. The molecule has 3 nitrogen and oxygen atoms in total. The van der Waals surface area contributed by atoms with Gasteiger partial charge in [0.15, 0.2) is 0 Å². The predicted octanol–water partition coefficient (Wildman–Crippen LogP) is 3.40. The molecule has 2 fully saturated rings. The van der Waals surface area contributed by atoms with E-state index in [2.05, 4.69) is 0 Å². The Morgan fingerprint density at radius 3 is 2.23 bits per heavy atom. The van der Waals surface area contributed by atoms with E-state index in [1.165, 1.54) is 6.07 Å². The van der Waals surface area contributed by atoms with Crippen LogP contribution in [0.1, 0.15) is 23.3 Å². The molecule has 0 N–H and O–H groups in total. The maximum atomic E-state index is 14.5. The molecular formula is C18H15FO3. The summed E-state index contributed by atoms with van der Waals surface area (Å²) in [4.78, 5) is 0. The highest BCUT2D eigenvalue weighted by Gasteiger charge is 2.51. The van der Waals surface area contributed by atoms with Crippen LogP contribution in [0.5, 0.6) is 0 Å². The number of benzene rings is 2. The molecule has 22 heavy (non-hydrogen) atoms. The molecule has 3 aliphatic rings. The van der Waals surface area contributed by atoms with Gasteiger partial charge in [-0.05, 0) is 17.2 Å². The Hall–Kier alpha value is -1.75. The van der Waals surface area contributed by atoms with Gasteiger partial charge in [-0.3, -0.25) is 0 Å². The summed E-state index contributed by atoms with van der Waals surface area (Å²) in [7, 11) is 0.